The molecule has 0 atom stereocenters. The fourth-order valence-corrected chi connectivity index (χ4v) is 3.81. The van der Waals surface area contributed by atoms with E-state index in [4.69, 9.17) is 9.97 Å². The van der Waals surface area contributed by atoms with Gasteiger partial charge in [-0.25, -0.2) is 19.2 Å². The first-order valence-corrected chi connectivity index (χ1v) is 10.5. The second-order valence-corrected chi connectivity index (χ2v) is 7.70. The normalized spacial score (nSPS) is 12.9. The van der Waals surface area contributed by atoms with Crippen molar-refractivity contribution in [2.24, 2.45) is 0 Å². The molecule has 2 amide bonds. The van der Waals surface area contributed by atoms with E-state index in [0.717, 1.165) is 35.6 Å². The zero-order valence-electron chi connectivity index (χ0n) is 17.8. The van der Waals surface area contributed by atoms with Crippen molar-refractivity contribution in [2.45, 2.75) is 26.3 Å². The van der Waals surface area contributed by atoms with Gasteiger partial charge in [0.2, 0.25) is 0 Å². The predicted molar refractivity (Wildman–Crippen MR) is 121 cm³/mol. The van der Waals surface area contributed by atoms with Crippen LogP contribution in [0, 0.1) is 5.82 Å². The number of urea groups is 1. The Kier molecular flexibility index (Phi) is 6.11. The van der Waals surface area contributed by atoms with Gasteiger partial charge >= 0.3 is 6.03 Å². The molecular weight excluding hydrogens is 393 g/mol. The van der Waals surface area contributed by atoms with Gasteiger partial charge in [0.1, 0.15) is 11.6 Å². The van der Waals surface area contributed by atoms with Crippen LogP contribution in [0.15, 0.2) is 54.6 Å². The maximum atomic E-state index is 13.5. The molecule has 1 N–H and O–H groups in total. The van der Waals surface area contributed by atoms with Crippen LogP contribution in [-0.2, 0) is 13.0 Å². The lowest BCUT2D eigenvalue weighted by Gasteiger charge is -2.32. The van der Waals surface area contributed by atoms with Gasteiger partial charge in [0.05, 0.1) is 12.2 Å². The van der Waals surface area contributed by atoms with E-state index < -0.39 is 0 Å². The lowest BCUT2D eigenvalue weighted by Crippen LogP contribution is -2.40. The highest BCUT2D eigenvalue weighted by Gasteiger charge is 2.27. The minimum atomic E-state index is -0.382. The SMILES string of the molecule is CCCN(C)c1nc(-c2ccccc2)nc2c1CN(C(=O)Nc1cccc(F)c1)CC2. The van der Waals surface area contributed by atoms with Crippen LogP contribution in [0.5, 0.6) is 0 Å². The van der Waals surface area contributed by atoms with Crippen LogP contribution >= 0.6 is 0 Å². The molecule has 0 fully saturated rings. The Morgan fingerprint density at radius 2 is 1.97 bits per heavy atom. The molecule has 160 valence electrons. The first kappa shape index (κ1) is 20.8. The van der Waals surface area contributed by atoms with Crippen LogP contribution in [-0.4, -0.2) is 41.0 Å². The van der Waals surface area contributed by atoms with Gasteiger partial charge < -0.3 is 15.1 Å². The van der Waals surface area contributed by atoms with Gasteiger partial charge in [-0.2, -0.15) is 0 Å². The molecule has 1 aliphatic heterocycles. The van der Waals surface area contributed by atoms with Crippen molar-refractivity contribution >= 4 is 17.5 Å². The summed E-state index contributed by atoms with van der Waals surface area (Å²) < 4.78 is 13.5. The van der Waals surface area contributed by atoms with E-state index in [0.29, 0.717) is 31.0 Å². The zero-order valence-corrected chi connectivity index (χ0v) is 17.8. The van der Waals surface area contributed by atoms with Crippen molar-refractivity contribution in [1.82, 2.24) is 14.9 Å². The van der Waals surface area contributed by atoms with Gasteiger partial charge in [0, 0.05) is 43.4 Å². The minimum absolute atomic E-state index is 0.257. The summed E-state index contributed by atoms with van der Waals surface area (Å²) in [7, 11) is 2.02. The van der Waals surface area contributed by atoms with E-state index in [1.54, 1.807) is 17.0 Å². The number of carbonyl (C=O) groups is 1. The molecule has 6 nitrogen and oxygen atoms in total. The van der Waals surface area contributed by atoms with Crippen molar-refractivity contribution in [3.05, 3.63) is 71.7 Å². The van der Waals surface area contributed by atoms with Crippen molar-refractivity contribution in [1.29, 1.82) is 0 Å². The summed E-state index contributed by atoms with van der Waals surface area (Å²) in [4.78, 5) is 26.4. The maximum absolute atomic E-state index is 13.5. The molecule has 0 saturated carbocycles. The summed E-state index contributed by atoms with van der Waals surface area (Å²) in [5.41, 5.74) is 3.36. The number of aromatic nitrogens is 2. The third-order valence-electron chi connectivity index (χ3n) is 5.35. The average Bonchev–Trinajstić information content (AvgIpc) is 2.78. The fourth-order valence-electron chi connectivity index (χ4n) is 3.81. The monoisotopic (exact) mass is 419 g/mol. The van der Waals surface area contributed by atoms with Gasteiger partial charge in [-0.15, -0.1) is 0 Å². The molecule has 31 heavy (non-hydrogen) atoms. The standard InChI is InChI=1S/C24H26FN5O/c1-3-13-29(2)23-20-16-30(24(31)26-19-11-7-10-18(25)15-19)14-12-21(20)27-22(28-23)17-8-5-4-6-9-17/h4-11,15H,3,12-14,16H2,1-2H3,(H,26,31). The van der Waals surface area contributed by atoms with Gasteiger partial charge in [-0.05, 0) is 24.6 Å². The molecule has 2 heterocycles. The molecule has 1 aliphatic rings. The Bertz CT molecular complexity index is 1070. The third-order valence-corrected chi connectivity index (χ3v) is 5.35. The van der Waals surface area contributed by atoms with E-state index in [2.05, 4.69) is 17.1 Å². The molecule has 2 aromatic carbocycles. The van der Waals surface area contributed by atoms with Crippen LogP contribution in [0.25, 0.3) is 11.4 Å². The lowest BCUT2D eigenvalue weighted by atomic mass is 10.0. The first-order chi connectivity index (χ1) is 15.0. The molecule has 0 radical (unpaired) electrons. The number of nitrogens with zero attached hydrogens (tertiary/aromatic N) is 4. The van der Waals surface area contributed by atoms with Crippen molar-refractivity contribution < 1.29 is 9.18 Å². The highest BCUT2D eigenvalue weighted by molar-refractivity contribution is 5.89. The van der Waals surface area contributed by atoms with Crippen LogP contribution in [0.3, 0.4) is 0 Å². The largest absolute Gasteiger partial charge is 0.359 e. The van der Waals surface area contributed by atoms with E-state index in [1.807, 2.05) is 37.4 Å². The van der Waals surface area contributed by atoms with Crippen LogP contribution in [0.2, 0.25) is 0 Å². The number of amides is 2. The number of anilines is 2. The number of fused-ring (bicyclic) bond motifs is 1. The molecule has 4 rings (SSSR count). The van der Waals surface area contributed by atoms with E-state index in [9.17, 15) is 9.18 Å². The second kappa shape index (κ2) is 9.12. The van der Waals surface area contributed by atoms with Crippen molar-refractivity contribution in [2.75, 3.05) is 30.4 Å². The molecule has 0 unspecified atom stereocenters. The lowest BCUT2D eigenvalue weighted by molar-refractivity contribution is 0.206. The number of rotatable bonds is 5. The molecular formula is C24H26FN5O. The van der Waals surface area contributed by atoms with Gasteiger partial charge in [0.15, 0.2) is 5.82 Å². The van der Waals surface area contributed by atoms with Gasteiger partial charge in [-0.3, -0.25) is 0 Å². The molecule has 0 spiro atoms. The Hall–Kier alpha value is -3.48. The van der Waals surface area contributed by atoms with Crippen molar-refractivity contribution in [3.8, 4) is 11.4 Å². The number of halogens is 1. The van der Waals surface area contributed by atoms with E-state index >= 15 is 0 Å². The molecule has 0 bridgehead atoms. The number of nitrogens with one attached hydrogen (secondary N) is 1. The highest BCUT2D eigenvalue weighted by Crippen LogP contribution is 2.29. The molecule has 0 aliphatic carbocycles. The van der Waals surface area contributed by atoms with Crippen LogP contribution in [0.1, 0.15) is 24.6 Å². The highest BCUT2D eigenvalue weighted by atomic mass is 19.1. The average molecular weight is 420 g/mol. The number of carbonyl (C=O) groups excluding carboxylic acids is 1. The summed E-state index contributed by atoms with van der Waals surface area (Å²) in [6.45, 7) is 3.93. The Morgan fingerprint density at radius 1 is 1.16 bits per heavy atom. The second-order valence-electron chi connectivity index (χ2n) is 7.70. The summed E-state index contributed by atoms with van der Waals surface area (Å²) in [5, 5.41) is 2.79. The number of hydrogen-bond donors (Lipinski definition) is 1. The van der Waals surface area contributed by atoms with E-state index in [-0.39, 0.29) is 11.8 Å². The molecule has 1 aromatic heterocycles. The predicted octanol–water partition coefficient (Wildman–Crippen LogP) is 4.72. The van der Waals surface area contributed by atoms with E-state index in [1.165, 1.54) is 12.1 Å². The smallest absolute Gasteiger partial charge is 0.322 e. The summed E-state index contributed by atoms with van der Waals surface area (Å²) in [6, 6.07) is 15.6. The summed E-state index contributed by atoms with van der Waals surface area (Å²) in [6.07, 6.45) is 1.63. The third kappa shape index (κ3) is 4.66. The van der Waals surface area contributed by atoms with Gasteiger partial charge in [0.25, 0.3) is 0 Å². The van der Waals surface area contributed by atoms with Crippen LogP contribution in [0.4, 0.5) is 20.7 Å². The topological polar surface area (TPSA) is 61.4 Å². The summed E-state index contributed by atoms with van der Waals surface area (Å²) >= 11 is 0. The first-order valence-electron chi connectivity index (χ1n) is 10.5. The number of hydrogen-bond acceptors (Lipinski definition) is 4. The zero-order chi connectivity index (χ0) is 21.8. The summed E-state index contributed by atoms with van der Waals surface area (Å²) in [5.74, 6) is 1.18. The number of benzene rings is 2. The quantitative estimate of drug-likeness (QED) is 0.650. The fraction of sp³-hybridized carbons (Fsp3) is 0.292. The van der Waals surface area contributed by atoms with Crippen molar-refractivity contribution in [3.63, 3.8) is 0 Å². The molecule has 0 saturated heterocycles. The maximum Gasteiger partial charge on any atom is 0.322 e. The van der Waals surface area contributed by atoms with Gasteiger partial charge in [-0.1, -0.05) is 43.3 Å². The molecule has 7 heteroatoms. The minimum Gasteiger partial charge on any atom is -0.359 e. The Morgan fingerprint density at radius 3 is 2.71 bits per heavy atom. The molecule has 3 aromatic rings. The van der Waals surface area contributed by atoms with Crippen LogP contribution < -0.4 is 10.2 Å². The Labute approximate surface area is 181 Å². The Balaban J connectivity index is 1.63.